The predicted molar refractivity (Wildman–Crippen MR) is 77.7 cm³/mol. The summed E-state index contributed by atoms with van der Waals surface area (Å²) in [5.74, 6) is 0.379. The van der Waals surface area contributed by atoms with Crippen LogP contribution in [0.3, 0.4) is 0 Å². The largest absolute Gasteiger partial charge is 0.335 e. The second-order valence-corrected chi connectivity index (χ2v) is 6.01. The molecule has 0 radical (unpaired) electrons. The maximum atomic E-state index is 12.7. The first kappa shape index (κ1) is 14.2. The second-order valence-electron chi connectivity index (χ2n) is 6.01. The van der Waals surface area contributed by atoms with Gasteiger partial charge in [0.2, 0.25) is 0 Å². The van der Waals surface area contributed by atoms with Gasteiger partial charge in [0.25, 0.3) is 5.91 Å². The van der Waals surface area contributed by atoms with Crippen LogP contribution in [0.4, 0.5) is 0 Å². The van der Waals surface area contributed by atoms with Crippen molar-refractivity contribution in [1.29, 1.82) is 0 Å². The number of amides is 1. The summed E-state index contributed by atoms with van der Waals surface area (Å²) in [4.78, 5) is 26.9. The number of piperidine rings is 1. The number of Topliss-reactive ketones (excluding diaryl/α,β-unsaturated/α-hetero) is 1. The number of aromatic nitrogens is 2. The monoisotopic (exact) mass is 287 g/mol. The van der Waals surface area contributed by atoms with Gasteiger partial charge in [-0.2, -0.15) is 10.2 Å². The fourth-order valence-corrected chi connectivity index (χ4v) is 3.63. The van der Waals surface area contributed by atoms with Crippen LogP contribution >= 0.6 is 0 Å². The van der Waals surface area contributed by atoms with Crippen molar-refractivity contribution in [3.8, 4) is 0 Å². The lowest BCUT2D eigenvalue weighted by Crippen LogP contribution is -2.50. The summed E-state index contributed by atoms with van der Waals surface area (Å²) in [7, 11) is 0. The highest BCUT2D eigenvalue weighted by molar-refractivity contribution is 5.94. The summed E-state index contributed by atoms with van der Waals surface area (Å²) in [6.45, 7) is 0.746. The molecule has 5 nitrogen and oxygen atoms in total. The first-order chi connectivity index (χ1) is 10.3. The molecule has 21 heavy (non-hydrogen) atoms. The minimum absolute atomic E-state index is 0.00651. The van der Waals surface area contributed by atoms with Crippen molar-refractivity contribution < 1.29 is 9.59 Å². The molecule has 2 atom stereocenters. The number of carbonyl (C=O) groups is 2. The quantitative estimate of drug-likeness (QED) is 0.836. The third-order valence-electron chi connectivity index (χ3n) is 4.71. The van der Waals surface area contributed by atoms with Gasteiger partial charge in [0.1, 0.15) is 5.78 Å². The van der Waals surface area contributed by atoms with E-state index in [0.717, 1.165) is 45.1 Å². The van der Waals surface area contributed by atoms with E-state index in [2.05, 4.69) is 10.2 Å². The van der Waals surface area contributed by atoms with E-state index in [-0.39, 0.29) is 17.9 Å². The van der Waals surface area contributed by atoms with Crippen molar-refractivity contribution in [3.05, 3.63) is 24.0 Å². The van der Waals surface area contributed by atoms with Gasteiger partial charge in [-0.25, -0.2) is 0 Å². The molecule has 0 spiro atoms. The topological polar surface area (TPSA) is 63.2 Å². The third kappa shape index (κ3) is 2.96. The Labute approximate surface area is 124 Å². The molecule has 112 valence electrons. The number of carbonyl (C=O) groups excluding carboxylic acids is 2. The number of hydrogen-bond acceptors (Lipinski definition) is 4. The summed E-state index contributed by atoms with van der Waals surface area (Å²) in [5, 5.41) is 7.51. The molecule has 0 bridgehead atoms. The normalized spacial score (nSPS) is 26.7. The van der Waals surface area contributed by atoms with Crippen LogP contribution < -0.4 is 0 Å². The van der Waals surface area contributed by atoms with Crippen LogP contribution in [0.2, 0.25) is 0 Å². The average Bonchev–Trinajstić information content (AvgIpc) is 2.55. The van der Waals surface area contributed by atoms with Crippen LogP contribution in [-0.4, -0.2) is 39.4 Å². The summed E-state index contributed by atoms with van der Waals surface area (Å²) >= 11 is 0. The Morgan fingerprint density at radius 3 is 2.76 bits per heavy atom. The minimum atomic E-state index is -0.00651. The first-order valence-corrected chi connectivity index (χ1v) is 7.88. The first-order valence-electron chi connectivity index (χ1n) is 7.88. The van der Waals surface area contributed by atoms with Crippen LogP contribution in [-0.2, 0) is 4.79 Å². The van der Waals surface area contributed by atoms with Crippen molar-refractivity contribution in [3.63, 3.8) is 0 Å². The zero-order valence-electron chi connectivity index (χ0n) is 12.2. The van der Waals surface area contributed by atoms with Crippen LogP contribution in [0.1, 0.15) is 55.3 Å². The maximum Gasteiger partial charge on any atom is 0.255 e. The van der Waals surface area contributed by atoms with Gasteiger partial charge in [0, 0.05) is 24.9 Å². The molecule has 2 aliphatic rings. The average molecular weight is 287 g/mol. The summed E-state index contributed by atoms with van der Waals surface area (Å²) in [5.41, 5.74) is 0.570. The van der Waals surface area contributed by atoms with Crippen molar-refractivity contribution in [2.45, 2.75) is 51.0 Å². The number of hydrogen-bond donors (Lipinski definition) is 0. The number of likely N-dealkylation sites (tertiary alicyclic amines) is 1. The Kier molecular flexibility index (Phi) is 4.27. The van der Waals surface area contributed by atoms with E-state index in [1.54, 1.807) is 6.07 Å². The molecule has 1 aliphatic heterocycles. The molecule has 1 aliphatic carbocycles. The lowest BCUT2D eigenvalue weighted by atomic mass is 9.79. The van der Waals surface area contributed by atoms with E-state index in [1.165, 1.54) is 12.4 Å². The Hall–Kier alpha value is -1.78. The summed E-state index contributed by atoms with van der Waals surface area (Å²) in [6, 6.07) is 1.77. The molecule has 2 fully saturated rings. The number of ketones is 1. The van der Waals surface area contributed by atoms with Gasteiger partial charge in [-0.3, -0.25) is 9.59 Å². The zero-order valence-corrected chi connectivity index (χ0v) is 12.2. The molecule has 5 heteroatoms. The summed E-state index contributed by atoms with van der Waals surface area (Å²) < 4.78 is 0. The highest BCUT2D eigenvalue weighted by Gasteiger charge is 2.37. The Bertz CT molecular complexity index is 518. The molecular formula is C16H21N3O2. The Morgan fingerprint density at radius 1 is 1.14 bits per heavy atom. The Morgan fingerprint density at radius 2 is 2.00 bits per heavy atom. The van der Waals surface area contributed by atoms with Gasteiger partial charge in [-0.15, -0.1) is 0 Å². The molecule has 0 aromatic carbocycles. The van der Waals surface area contributed by atoms with Gasteiger partial charge < -0.3 is 4.90 Å². The lowest BCUT2D eigenvalue weighted by molar-refractivity contribution is -0.127. The van der Waals surface area contributed by atoms with Crippen LogP contribution in [0.5, 0.6) is 0 Å². The van der Waals surface area contributed by atoms with Crippen molar-refractivity contribution >= 4 is 11.7 Å². The van der Waals surface area contributed by atoms with E-state index in [9.17, 15) is 9.59 Å². The van der Waals surface area contributed by atoms with Crippen molar-refractivity contribution in [2.75, 3.05) is 6.54 Å². The van der Waals surface area contributed by atoms with Gasteiger partial charge in [-0.1, -0.05) is 6.42 Å². The van der Waals surface area contributed by atoms with Crippen molar-refractivity contribution in [2.24, 2.45) is 5.92 Å². The molecule has 1 amide bonds. The molecule has 2 heterocycles. The lowest BCUT2D eigenvalue weighted by Gasteiger charge is -2.41. The number of nitrogens with zero attached hydrogens (tertiary/aromatic N) is 3. The van der Waals surface area contributed by atoms with Gasteiger partial charge >= 0.3 is 0 Å². The van der Waals surface area contributed by atoms with E-state index in [4.69, 9.17) is 0 Å². The molecule has 1 saturated carbocycles. The van der Waals surface area contributed by atoms with Crippen LogP contribution in [0.25, 0.3) is 0 Å². The SMILES string of the molecule is O=C1CCCCC1C1CCCCN1C(=O)c1ccnnc1. The summed E-state index contributed by atoms with van der Waals surface area (Å²) in [6.07, 6.45) is 9.84. The highest BCUT2D eigenvalue weighted by atomic mass is 16.2. The molecule has 2 unspecified atom stereocenters. The molecule has 3 rings (SSSR count). The minimum Gasteiger partial charge on any atom is -0.335 e. The number of rotatable bonds is 2. The second kappa shape index (κ2) is 6.33. The third-order valence-corrected chi connectivity index (χ3v) is 4.71. The van der Waals surface area contributed by atoms with Gasteiger partial charge in [0.15, 0.2) is 0 Å². The fourth-order valence-electron chi connectivity index (χ4n) is 3.63. The fraction of sp³-hybridized carbons (Fsp3) is 0.625. The zero-order chi connectivity index (χ0) is 14.7. The Balaban J connectivity index is 1.81. The highest BCUT2D eigenvalue weighted by Crippen LogP contribution is 2.32. The van der Waals surface area contributed by atoms with Gasteiger partial charge in [-0.05, 0) is 38.2 Å². The van der Waals surface area contributed by atoms with E-state index in [0.29, 0.717) is 17.8 Å². The maximum absolute atomic E-state index is 12.7. The van der Waals surface area contributed by atoms with Crippen molar-refractivity contribution in [1.82, 2.24) is 15.1 Å². The molecule has 1 saturated heterocycles. The molecular weight excluding hydrogens is 266 g/mol. The molecule has 1 aromatic rings. The van der Waals surface area contributed by atoms with Gasteiger partial charge in [0.05, 0.1) is 18.0 Å². The van der Waals surface area contributed by atoms with E-state index < -0.39 is 0 Å². The predicted octanol–water partition coefficient (Wildman–Crippen LogP) is 2.23. The van der Waals surface area contributed by atoms with Crippen LogP contribution in [0, 0.1) is 5.92 Å². The van der Waals surface area contributed by atoms with E-state index >= 15 is 0 Å². The van der Waals surface area contributed by atoms with E-state index in [1.807, 2.05) is 4.90 Å². The molecule has 1 aromatic heterocycles. The molecule has 0 N–H and O–H groups in total. The standard InChI is InChI=1S/C16H21N3O2/c20-15-7-2-1-5-13(15)14-6-3-4-10-19(14)16(21)12-8-9-17-18-11-12/h8-9,11,13-14H,1-7,10H2. The smallest absolute Gasteiger partial charge is 0.255 e. The van der Waals surface area contributed by atoms with Crippen LogP contribution in [0.15, 0.2) is 18.5 Å².